The molecule has 4 rings (SSSR count). The standard InChI is InChI=1S/C22H21N3OS/c1-22(2,3)16-7-4-5-9-19(16)26-21-18(8-6-12-23-21)25-15-10-11-17-20(13-15)27-14-24-17/h4-14,25H,1-3H3. The van der Waals surface area contributed by atoms with Crippen molar-refractivity contribution >= 4 is 32.9 Å². The number of thiazole rings is 1. The fourth-order valence-corrected chi connectivity index (χ4v) is 3.65. The number of para-hydroxylation sites is 1. The molecule has 0 saturated carbocycles. The fourth-order valence-electron chi connectivity index (χ4n) is 2.94. The Kier molecular flexibility index (Phi) is 4.54. The van der Waals surface area contributed by atoms with Crippen molar-refractivity contribution in [3.05, 3.63) is 71.9 Å². The number of hydrogen-bond acceptors (Lipinski definition) is 5. The maximum Gasteiger partial charge on any atom is 0.243 e. The number of rotatable bonds is 4. The van der Waals surface area contributed by atoms with Gasteiger partial charge < -0.3 is 10.1 Å². The second kappa shape index (κ2) is 7.00. The number of benzene rings is 2. The third-order valence-corrected chi connectivity index (χ3v) is 5.07. The number of ether oxygens (including phenoxy) is 1. The number of hydrogen-bond donors (Lipinski definition) is 1. The molecule has 27 heavy (non-hydrogen) atoms. The first-order valence-electron chi connectivity index (χ1n) is 8.83. The van der Waals surface area contributed by atoms with Crippen LogP contribution in [0.3, 0.4) is 0 Å². The molecule has 5 heteroatoms. The van der Waals surface area contributed by atoms with Crippen LogP contribution in [-0.4, -0.2) is 9.97 Å². The zero-order valence-electron chi connectivity index (χ0n) is 15.6. The van der Waals surface area contributed by atoms with Crippen LogP contribution in [0.25, 0.3) is 10.2 Å². The zero-order valence-corrected chi connectivity index (χ0v) is 16.4. The molecule has 136 valence electrons. The smallest absolute Gasteiger partial charge is 0.243 e. The second-order valence-corrected chi connectivity index (χ2v) is 8.25. The molecule has 2 aromatic heterocycles. The molecule has 2 heterocycles. The van der Waals surface area contributed by atoms with Gasteiger partial charge in [0.2, 0.25) is 5.88 Å². The van der Waals surface area contributed by atoms with Crippen molar-refractivity contribution in [2.45, 2.75) is 26.2 Å². The van der Waals surface area contributed by atoms with E-state index >= 15 is 0 Å². The van der Waals surface area contributed by atoms with Gasteiger partial charge in [-0.25, -0.2) is 9.97 Å². The molecule has 0 aliphatic rings. The first-order chi connectivity index (χ1) is 13.0. The van der Waals surface area contributed by atoms with Gasteiger partial charge in [-0.3, -0.25) is 0 Å². The lowest BCUT2D eigenvalue weighted by Crippen LogP contribution is -2.12. The first kappa shape index (κ1) is 17.5. The van der Waals surface area contributed by atoms with Gasteiger partial charge in [0.05, 0.1) is 15.7 Å². The summed E-state index contributed by atoms with van der Waals surface area (Å²) in [6.07, 6.45) is 1.74. The Bertz CT molecular complexity index is 1080. The van der Waals surface area contributed by atoms with Gasteiger partial charge in [0.15, 0.2) is 0 Å². The van der Waals surface area contributed by atoms with E-state index in [-0.39, 0.29) is 5.41 Å². The van der Waals surface area contributed by atoms with Gasteiger partial charge in [-0.2, -0.15) is 0 Å². The van der Waals surface area contributed by atoms with E-state index in [1.54, 1.807) is 17.5 Å². The van der Waals surface area contributed by atoms with Crippen LogP contribution in [0.4, 0.5) is 11.4 Å². The normalized spacial score (nSPS) is 11.5. The van der Waals surface area contributed by atoms with Crippen LogP contribution in [0.5, 0.6) is 11.6 Å². The summed E-state index contributed by atoms with van der Waals surface area (Å²) in [6, 6.07) is 18.1. The third kappa shape index (κ3) is 3.78. The molecule has 2 aromatic carbocycles. The minimum Gasteiger partial charge on any atom is -0.437 e. The van der Waals surface area contributed by atoms with Crippen molar-refractivity contribution in [3.63, 3.8) is 0 Å². The molecule has 0 aliphatic heterocycles. The minimum atomic E-state index is -0.0177. The van der Waals surface area contributed by atoms with Gasteiger partial charge >= 0.3 is 0 Å². The Morgan fingerprint density at radius 3 is 2.67 bits per heavy atom. The lowest BCUT2D eigenvalue weighted by molar-refractivity contribution is 0.442. The summed E-state index contributed by atoms with van der Waals surface area (Å²) in [5, 5.41) is 3.42. The van der Waals surface area contributed by atoms with Gasteiger partial charge in [-0.15, -0.1) is 11.3 Å². The fraction of sp³-hybridized carbons (Fsp3) is 0.182. The first-order valence-corrected chi connectivity index (χ1v) is 9.71. The molecule has 0 aliphatic carbocycles. The number of aromatic nitrogens is 2. The Morgan fingerprint density at radius 2 is 1.81 bits per heavy atom. The molecule has 0 fully saturated rings. The highest BCUT2D eigenvalue weighted by Crippen LogP contribution is 2.36. The van der Waals surface area contributed by atoms with Crippen molar-refractivity contribution in [1.82, 2.24) is 9.97 Å². The molecule has 0 bridgehead atoms. The van der Waals surface area contributed by atoms with Gasteiger partial charge in [-0.1, -0.05) is 39.0 Å². The molecule has 0 amide bonds. The topological polar surface area (TPSA) is 47.0 Å². The van der Waals surface area contributed by atoms with E-state index in [1.807, 2.05) is 48.0 Å². The average molecular weight is 375 g/mol. The Morgan fingerprint density at radius 1 is 0.963 bits per heavy atom. The number of nitrogens with one attached hydrogen (secondary N) is 1. The van der Waals surface area contributed by atoms with E-state index < -0.39 is 0 Å². The van der Waals surface area contributed by atoms with Crippen molar-refractivity contribution in [2.24, 2.45) is 0 Å². The highest BCUT2D eigenvalue weighted by molar-refractivity contribution is 7.16. The molecular weight excluding hydrogens is 354 g/mol. The lowest BCUT2D eigenvalue weighted by atomic mass is 9.86. The van der Waals surface area contributed by atoms with Gasteiger partial charge in [0.1, 0.15) is 11.4 Å². The van der Waals surface area contributed by atoms with Crippen LogP contribution in [-0.2, 0) is 5.41 Å². The number of nitrogens with zero attached hydrogens (tertiary/aromatic N) is 2. The highest BCUT2D eigenvalue weighted by atomic mass is 32.1. The molecule has 4 nitrogen and oxygen atoms in total. The quantitative estimate of drug-likeness (QED) is 0.441. The van der Waals surface area contributed by atoms with Crippen molar-refractivity contribution < 1.29 is 4.74 Å². The van der Waals surface area contributed by atoms with E-state index in [0.717, 1.165) is 32.9 Å². The van der Waals surface area contributed by atoms with Crippen LogP contribution >= 0.6 is 11.3 Å². The number of pyridine rings is 1. The Labute approximate surface area is 162 Å². The predicted molar refractivity (Wildman–Crippen MR) is 112 cm³/mol. The van der Waals surface area contributed by atoms with E-state index in [0.29, 0.717) is 5.88 Å². The monoisotopic (exact) mass is 375 g/mol. The number of fused-ring (bicyclic) bond motifs is 1. The highest BCUT2D eigenvalue weighted by Gasteiger charge is 2.19. The van der Waals surface area contributed by atoms with E-state index in [1.165, 1.54) is 0 Å². The summed E-state index contributed by atoms with van der Waals surface area (Å²) in [6.45, 7) is 6.53. The Balaban J connectivity index is 1.66. The third-order valence-electron chi connectivity index (χ3n) is 4.28. The maximum absolute atomic E-state index is 6.23. The van der Waals surface area contributed by atoms with Crippen LogP contribution in [0.2, 0.25) is 0 Å². The van der Waals surface area contributed by atoms with Crippen LogP contribution in [0.1, 0.15) is 26.3 Å². The largest absolute Gasteiger partial charge is 0.437 e. The summed E-state index contributed by atoms with van der Waals surface area (Å²) < 4.78 is 7.37. The predicted octanol–water partition coefficient (Wildman–Crippen LogP) is 6.52. The summed E-state index contributed by atoms with van der Waals surface area (Å²) >= 11 is 1.63. The Hall–Kier alpha value is -2.92. The summed E-state index contributed by atoms with van der Waals surface area (Å²) in [5.41, 5.74) is 5.80. The van der Waals surface area contributed by atoms with Crippen LogP contribution in [0.15, 0.2) is 66.3 Å². The molecule has 4 aromatic rings. The molecule has 0 radical (unpaired) electrons. The van der Waals surface area contributed by atoms with Crippen LogP contribution in [0, 0.1) is 0 Å². The molecule has 0 unspecified atom stereocenters. The summed E-state index contributed by atoms with van der Waals surface area (Å²) in [7, 11) is 0. The SMILES string of the molecule is CC(C)(C)c1ccccc1Oc1ncccc1Nc1ccc2ncsc2c1. The van der Waals surface area contributed by atoms with Crippen LogP contribution < -0.4 is 10.1 Å². The minimum absolute atomic E-state index is 0.0177. The molecule has 0 spiro atoms. The summed E-state index contributed by atoms with van der Waals surface area (Å²) in [5.74, 6) is 1.38. The molecular formula is C22H21N3OS. The second-order valence-electron chi connectivity index (χ2n) is 7.36. The molecule has 0 saturated heterocycles. The van der Waals surface area contributed by atoms with Gasteiger partial charge in [-0.05, 0) is 41.8 Å². The zero-order chi connectivity index (χ0) is 18.9. The molecule has 0 atom stereocenters. The number of anilines is 2. The molecule has 1 N–H and O–H groups in total. The van der Waals surface area contributed by atoms with Gasteiger partial charge in [0, 0.05) is 17.4 Å². The summed E-state index contributed by atoms with van der Waals surface area (Å²) in [4.78, 5) is 8.78. The lowest BCUT2D eigenvalue weighted by Gasteiger charge is -2.22. The van der Waals surface area contributed by atoms with Crippen molar-refractivity contribution in [2.75, 3.05) is 5.32 Å². The van der Waals surface area contributed by atoms with Gasteiger partial charge in [0.25, 0.3) is 0 Å². The van der Waals surface area contributed by atoms with E-state index in [2.05, 4.69) is 48.2 Å². The van der Waals surface area contributed by atoms with Crippen molar-refractivity contribution in [3.8, 4) is 11.6 Å². The maximum atomic E-state index is 6.23. The average Bonchev–Trinajstić information content (AvgIpc) is 3.11. The van der Waals surface area contributed by atoms with E-state index in [4.69, 9.17) is 4.74 Å². The van der Waals surface area contributed by atoms with E-state index in [9.17, 15) is 0 Å². The van der Waals surface area contributed by atoms with Crippen molar-refractivity contribution in [1.29, 1.82) is 0 Å².